The van der Waals surface area contributed by atoms with Crippen molar-refractivity contribution < 1.29 is 8.42 Å². The Balaban J connectivity index is 2.76. The van der Waals surface area contributed by atoms with Gasteiger partial charge in [0.05, 0.1) is 4.90 Å². The molecule has 0 aromatic carbocycles. The molecule has 0 fully saturated rings. The molecular formula is C11H20N2O2S3. The molecule has 0 aliphatic carbocycles. The Bertz CT molecular complexity index is 457. The highest BCUT2D eigenvalue weighted by molar-refractivity contribution is 7.99. The van der Waals surface area contributed by atoms with Crippen LogP contribution in [-0.4, -0.2) is 33.0 Å². The largest absolute Gasteiger partial charge is 0.315 e. The van der Waals surface area contributed by atoms with E-state index in [0.717, 1.165) is 16.4 Å². The first-order chi connectivity index (χ1) is 8.51. The van der Waals surface area contributed by atoms with Gasteiger partial charge in [0.15, 0.2) is 0 Å². The summed E-state index contributed by atoms with van der Waals surface area (Å²) in [6.45, 7) is 4.53. The minimum Gasteiger partial charge on any atom is -0.315 e. The molecule has 0 saturated heterocycles. The highest BCUT2D eigenvalue weighted by atomic mass is 32.2. The number of hydrogen-bond acceptors (Lipinski definition) is 5. The molecule has 1 aromatic rings. The van der Waals surface area contributed by atoms with E-state index in [1.54, 1.807) is 17.8 Å². The van der Waals surface area contributed by atoms with E-state index in [1.165, 1.54) is 11.3 Å². The molecule has 1 atom stereocenters. The van der Waals surface area contributed by atoms with Gasteiger partial charge in [-0.25, -0.2) is 13.1 Å². The van der Waals surface area contributed by atoms with Crippen LogP contribution in [0.1, 0.15) is 18.7 Å². The monoisotopic (exact) mass is 308 g/mol. The van der Waals surface area contributed by atoms with Crippen molar-refractivity contribution in [3.05, 3.63) is 16.3 Å². The molecule has 0 amide bonds. The van der Waals surface area contributed by atoms with Crippen molar-refractivity contribution in [2.45, 2.75) is 31.3 Å². The quantitative estimate of drug-likeness (QED) is 0.770. The van der Waals surface area contributed by atoms with Crippen LogP contribution in [0.15, 0.2) is 16.3 Å². The van der Waals surface area contributed by atoms with Crippen molar-refractivity contribution in [1.29, 1.82) is 0 Å². The van der Waals surface area contributed by atoms with Crippen molar-refractivity contribution >= 4 is 33.1 Å². The lowest BCUT2D eigenvalue weighted by molar-refractivity contribution is 0.570. The molecule has 2 N–H and O–H groups in total. The average Bonchev–Trinajstić information content (AvgIpc) is 2.75. The van der Waals surface area contributed by atoms with Gasteiger partial charge in [-0.3, -0.25) is 0 Å². The zero-order valence-electron chi connectivity index (χ0n) is 10.9. The standard InChI is InChI=1S/C11H20N2O2S3/c1-4-16-8-9(2)13-18(14,15)11-5-6-17-10(11)7-12-3/h5-6,9,12-13H,4,7-8H2,1-3H3. The zero-order chi connectivity index (χ0) is 13.6. The lowest BCUT2D eigenvalue weighted by atomic mass is 10.4. The maximum atomic E-state index is 12.2. The molecule has 0 radical (unpaired) electrons. The molecular weight excluding hydrogens is 288 g/mol. The van der Waals surface area contributed by atoms with Crippen molar-refractivity contribution in [3.63, 3.8) is 0 Å². The van der Waals surface area contributed by atoms with Gasteiger partial charge in [-0.1, -0.05) is 6.92 Å². The predicted octanol–water partition coefficient (Wildman–Crippen LogP) is 1.89. The van der Waals surface area contributed by atoms with Crippen molar-refractivity contribution in [1.82, 2.24) is 10.0 Å². The fourth-order valence-electron chi connectivity index (χ4n) is 1.51. The van der Waals surface area contributed by atoms with Crippen LogP contribution in [0.25, 0.3) is 0 Å². The molecule has 0 aliphatic heterocycles. The Labute approximate surface area is 118 Å². The third-order valence-electron chi connectivity index (χ3n) is 2.26. The van der Waals surface area contributed by atoms with Gasteiger partial charge in [-0.2, -0.15) is 11.8 Å². The van der Waals surface area contributed by atoms with Gasteiger partial charge >= 0.3 is 0 Å². The molecule has 18 heavy (non-hydrogen) atoms. The molecule has 1 rings (SSSR count). The summed E-state index contributed by atoms with van der Waals surface area (Å²) in [6, 6.07) is 1.61. The molecule has 104 valence electrons. The number of thiophene rings is 1. The summed E-state index contributed by atoms with van der Waals surface area (Å²) < 4.78 is 27.2. The average molecular weight is 308 g/mol. The normalized spacial score (nSPS) is 13.7. The van der Waals surface area contributed by atoms with Crippen LogP contribution in [0.4, 0.5) is 0 Å². The van der Waals surface area contributed by atoms with Gasteiger partial charge in [0.25, 0.3) is 0 Å². The second-order valence-electron chi connectivity index (χ2n) is 3.92. The van der Waals surface area contributed by atoms with Gasteiger partial charge in [0.1, 0.15) is 0 Å². The number of sulfonamides is 1. The summed E-state index contributed by atoms with van der Waals surface area (Å²) in [7, 11) is -1.58. The van der Waals surface area contributed by atoms with Crippen LogP contribution < -0.4 is 10.0 Å². The van der Waals surface area contributed by atoms with E-state index in [9.17, 15) is 8.42 Å². The van der Waals surface area contributed by atoms with Crippen molar-refractivity contribution in [2.75, 3.05) is 18.6 Å². The van der Waals surface area contributed by atoms with Crippen LogP contribution in [0.2, 0.25) is 0 Å². The Hall–Kier alpha value is -0.0800. The van der Waals surface area contributed by atoms with Crippen LogP contribution in [0.3, 0.4) is 0 Å². The number of hydrogen-bond donors (Lipinski definition) is 2. The molecule has 0 aliphatic rings. The van der Waals surface area contributed by atoms with Crippen LogP contribution in [0, 0.1) is 0 Å². The van der Waals surface area contributed by atoms with Crippen LogP contribution in [-0.2, 0) is 16.6 Å². The van der Waals surface area contributed by atoms with Gasteiger partial charge in [-0.15, -0.1) is 11.3 Å². The van der Waals surface area contributed by atoms with Gasteiger partial charge in [0.2, 0.25) is 10.0 Å². The summed E-state index contributed by atoms with van der Waals surface area (Å²) >= 11 is 3.19. The molecule has 7 heteroatoms. The van der Waals surface area contributed by atoms with Crippen molar-refractivity contribution in [2.24, 2.45) is 0 Å². The number of thioether (sulfide) groups is 1. The second kappa shape index (κ2) is 7.49. The second-order valence-corrected chi connectivity index (χ2v) is 7.92. The summed E-state index contributed by atoms with van der Waals surface area (Å²) in [4.78, 5) is 1.25. The summed E-state index contributed by atoms with van der Waals surface area (Å²) in [5.74, 6) is 1.79. The number of nitrogens with one attached hydrogen (secondary N) is 2. The summed E-state index contributed by atoms with van der Waals surface area (Å²) in [6.07, 6.45) is 0. The Kier molecular flexibility index (Phi) is 6.65. The maximum Gasteiger partial charge on any atom is 0.241 e. The van der Waals surface area contributed by atoms with Gasteiger partial charge < -0.3 is 5.32 Å². The molecule has 0 bridgehead atoms. The van der Waals surface area contributed by atoms with E-state index in [0.29, 0.717) is 11.4 Å². The van der Waals surface area contributed by atoms with E-state index < -0.39 is 10.0 Å². The van der Waals surface area contributed by atoms with E-state index in [2.05, 4.69) is 17.0 Å². The summed E-state index contributed by atoms with van der Waals surface area (Å²) in [5.41, 5.74) is 0. The topological polar surface area (TPSA) is 58.2 Å². The first-order valence-electron chi connectivity index (χ1n) is 5.82. The lowest BCUT2D eigenvalue weighted by Crippen LogP contribution is -2.34. The van der Waals surface area contributed by atoms with E-state index in [4.69, 9.17) is 0 Å². The smallest absolute Gasteiger partial charge is 0.241 e. The fraction of sp³-hybridized carbons (Fsp3) is 0.636. The van der Waals surface area contributed by atoms with Crippen molar-refractivity contribution in [3.8, 4) is 0 Å². The molecule has 0 saturated carbocycles. The zero-order valence-corrected chi connectivity index (χ0v) is 13.3. The molecule has 1 heterocycles. The van der Waals surface area contributed by atoms with Gasteiger partial charge in [-0.05, 0) is 31.2 Å². The SMILES string of the molecule is CCSCC(C)NS(=O)(=O)c1ccsc1CNC. The molecule has 1 aromatic heterocycles. The molecule has 1 unspecified atom stereocenters. The first kappa shape index (κ1) is 16.0. The molecule has 4 nitrogen and oxygen atoms in total. The number of rotatable bonds is 8. The van der Waals surface area contributed by atoms with E-state index in [-0.39, 0.29) is 6.04 Å². The third-order valence-corrected chi connectivity index (χ3v) is 6.13. The Morgan fingerprint density at radius 3 is 2.83 bits per heavy atom. The third kappa shape index (κ3) is 4.55. The molecule has 0 spiro atoms. The van der Waals surface area contributed by atoms with E-state index >= 15 is 0 Å². The fourth-order valence-corrected chi connectivity index (χ4v) is 4.99. The lowest BCUT2D eigenvalue weighted by Gasteiger charge is -2.13. The first-order valence-corrected chi connectivity index (χ1v) is 9.34. The predicted molar refractivity (Wildman–Crippen MR) is 79.9 cm³/mol. The minimum atomic E-state index is -3.39. The minimum absolute atomic E-state index is 0.0534. The highest BCUT2D eigenvalue weighted by Crippen LogP contribution is 2.22. The van der Waals surface area contributed by atoms with E-state index in [1.807, 2.05) is 19.4 Å². The maximum absolute atomic E-state index is 12.2. The van der Waals surface area contributed by atoms with Crippen LogP contribution in [0.5, 0.6) is 0 Å². The van der Waals surface area contributed by atoms with Gasteiger partial charge in [0, 0.05) is 23.2 Å². The summed E-state index contributed by atoms with van der Waals surface area (Å²) in [5, 5.41) is 4.80. The Morgan fingerprint density at radius 1 is 1.50 bits per heavy atom. The highest BCUT2D eigenvalue weighted by Gasteiger charge is 2.21. The Morgan fingerprint density at radius 2 is 2.22 bits per heavy atom. The van der Waals surface area contributed by atoms with Crippen LogP contribution >= 0.6 is 23.1 Å².